The van der Waals surface area contributed by atoms with Gasteiger partial charge in [0.05, 0.1) is 5.69 Å². The molecule has 1 heterocycles. The summed E-state index contributed by atoms with van der Waals surface area (Å²) in [6.45, 7) is 4.36. The highest BCUT2D eigenvalue weighted by Crippen LogP contribution is 2.37. The summed E-state index contributed by atoms with van der Waals surface area (Å²) in [4.78, 5) is 0. The second-order valence-corrected chi connectivity index (χ2v) is 3.69. The van der Waals surface area contributed by atoms with E-state index in [2.05, 4.69) is 24.0 Å². The second-order valence-electron chi connectivity index (χ2n) is 3.69. The number of nitrogens with zero attached hydrogens (tertiary/aromatic N) is 1. The van der Waals surface area contributed by atoms with Crippen molar-refractivity contribution in [1.29, 1.82) is 0 Å². The predicted octanol–water partition coefficient (Wildman–Crippen LogP) is 2.55. The molecule has 0 unspecified atom stereocenters. The molecular weight excluding hydrogens is 148 g/mol. The van der Waals surface area contributed by atoms with Gasteiger partial charge in [-0.15, -0.1) is 0 Å². The molecule has 0 atom stereocenters. The van der Waals surface area contributed by atoms with E-state index in [0.717, 1.165) is 12.3 Å². The standard InChI is InChI=1S/C10H16N2/c1-3-9-7(2)10(12-11-9)8-5-4-6-8/h8H,3-6H2,1-2H3,(H,11,12). The topological polar surface area (TPSA) is 28.7 Å². The zero-order valence-electron chi connectivity index (χ0n) is 7.85. The molecule has 1 N–H and O–H groups in total. The molecule has 0 spiro atoms. The van der Waals surface area contributed by atoms with Gasteiger partial charge < -0.3 is 0 Å². The highest BCUT2D eigenvalue weighted by atomic mass is 15.1. The second kappa shape index (κ2) is 2.92. The smallest absolute Gasteiger partial charge is 0.0684 e. The first kappa shape index (κ1) is 7.84. The van der Waals surface area contributed by atoms with Crippen LogP contribution in [0.4, 0.5) is 0 Å². The maximum atomic E-state index is 4.38. The van der Waals surface area contributed by atoms with Crippen LogP contribution in [-0.2, 0) is 6.42 Å². The van der Waals surface area contributed by atoms with E-state index in [1.54, 1.807) is 0 Å². The van der Waals surface area contributed by atoms with Gasteiger partial charge in [-0.3, -0.25) is 5.10 Å². The van der Waals surface area contributed by atoms with Gasteiger partial charge in [-0.25, -0.2) is 0 Å². The summed E-state index contributed by atoms with van der Waals surface area (Å²) in [6.07, 6.45) is 5.15. The fourth-order valence-corrected chi connectivity index (χ4v) is 1.87. The lowest BCUT2D eigenvalue weighted by Crippen LogP contribution is -2.10. The maximum Gasteiger partial charge on any atom is 0.0684 e. The number of hydrogen-bond donors (Lipinski definition) is 1. The molecule has 12 heavy (non-hydrogen) atoms. The Morgan fingerprint density at radius 1 is 1.50 bits per heavy atom. The Hall–Kier alpha value is -0.790. The van der Waals surface area contributed by atoms with Crippen molar-refractivity contribution in [3.63, 3.8) is 0 Å². The van der Waals surface area contributed by atoms with Crippen LogP contribution in [0, 0.1) is 6.92 Å². The summed E-state index contributed by atoms with van der Waals surface area (Å²) in [5.74, 6) is 0.765. The zero-order valence-corrected chi connectivity index (χ0v) is 7.85. The summed E-state index contributed by atoms with van der Waals surface area (Å²) in [6, 6.07) is 0. The number of hydrogen-bond acceptors (Lipinski definition) is 1. The molecular formula is C10H16N2. The summed E-state index contributed by atoms with van der Waals surface area (Å²) < 4.78 is 0. The molecule has 2 nitrogen and oxygen atoms in total. The fraction of sp³-hybridized carbons (Fsp3) is 0.700. The molecule has 1 aliphatic carbocycles. The Kier molecular flexibility index (Phi) is 1.91. The molecule has 2 rings (SSSR count). The highest BCUT2D eigenvalue weighted by molar-refractivity contribution is 5.27. The maximum absolute atomic E-state index is 4.38. The average Bonchev–Trinajstić information content (AvgIpc) is 2.30. The van der Waals surface area contributed by atoms with Gasteiger partial charge in [0, 0.05) is 11.6 Å². The third kappa shape index (κ3) is 1.06. The van der Waals surface area contributed by atoms with E-state index in [0.29, 0.717) is 0 Å². The summed E-state index contributed by atoms with van der Waals surface area (Å²) in [5, 5.41) is 7.51. The van der Waals surface area contributed by atoms with Gasteiger partial charge in [-0.1, -0.05) is 13.3 Å². The molecule has 0 aliphatic heterocycles. The summed E-state index contributed by atoms with van der Waals surface area (Å²) in [5.41, 5.74) is 4.05. The molecule has 0 saturated heterocycles. The predicted molar refractivity (Wildman–Crippen MR) is 49.3 cm³/mol. The zero-order chi connectivity index (χ0) is 8.55. The first-order chi connectivity index (χ1) is 5.83. The van der Waals surface area contributed by atoms with Crippen LogP contribution in [0.5, 0.6) is 0 Å². The Bertz CT molecular complexity index is 271. The Morgan fingerprint density at radius 3 is 2.67 bits per heavy atom. The van der Waals surface area contributed by atoms with Crippen LogP contribution in [0.1, 0.15) is 49.1 Å². The molecule has 0 radical (unpaired) electrons. The normalized spacial score (nSPS) is 17.8. The van der Waals surface area contributed by atoms with Crippen LogP contribution in [0.25, 0.3) is 0 Å². The molecule has 66 valence electrons. The summed E-state index contributed by atoms with van der Waals surface area (Å²) in [7, 11) is 0. The van der Waals surface area contributed by atoms with E-state index >= 15 is 0 Å². The minimum atomic E-state index is 0.765. The molecule has 0 aromatic carbocycles. The van der Waals surface area contributed by atoms with Crippen molar-refractivity contribution in [3.05, 3.63) is 17.0 Å². The quantitative estimate of drug-likeness (QED) is 0.715. The lowest BCUT2D eigenvalue weighted by molar-refractivity contribution is 0.409. The van der Waals surface area contributed by atoms with Crippen LogP contribution in [-0.4, -0.2) is 10.2 Å². The van der Waals surface area contributed by atoms with Crippen LogP contribution in [0.15, 0.2) is 0 Å². The first-order valence-electron chi connectivity index (χ1n) is 4.86. The molecule has 1 aliphatic rings. The minimum absolute atomic E-state index is 0.765. The third-order valence-corrected chi connectivity index (χ3v) is 2.99. The van der Waals surface area contributed by atoms with E-state index in [1.807, 2.05) is 0 Å². The SMILES string of the molecule is CCc1[nH]nc(C2CCC2)c1C. The van der Waals surface area contributed by atoms with Crippen LogP contribution in [0.3, 0.4) is 0 Å². The van der Waals surface area contributed by atoms with Crippen molar-refractivity contribution in [1.82, 2.24) is 10.2 Å². The van der Waals surface area contributed by atoms with Crippen LogP contribution >= 0.6 is 0 Å². The Morgan fingerprint density at radius 2 is 2.25 bits per heavy atom. The first-order valence-corrected chi connectivity index (χ1v) is 4.86. The van der Waals surface area contributed by atoms with Gasteiger partial charge in [0.15, 0.2) is 0 Å². The van der Waals surface area contributed by atoms with Crippen molar-refractivity contribution < 1.29 is 0 Å². The number of rotatable bonds is 2. The van der Waals surface area contributed by atoms with E-state index in [9.17, 15) is 0 Å². The lowest BCUT2D eigenvalue weighted by atomic mass is 9.81. The highest BCUT2D eigenvalue weighted by Gasteiger charge is 2.24. The van der Waals surface area contributed by atoms with Crippen LogP contribution < -0.4 is 0 Å². The largest absolute Gasteiger partial charge is 0.282 e. The van der Waals surface area contributed by atoms with Gasteiger partial charge in [0.2, 0.25) is 0 Å². The Balaban J connectivity index is 2.25. The number of nitrogens with one attached hydrogen (secondary N) is 1. The number of aromatic amines is 1. The van der Waals surface area contributed by atoms with E-state index in [-0.39, 0.29) is 0 Å². The molecule has 1 aromatic heterocycles. The van der Waals surface area contributed by atoms with Gasteiger partial charge in [0.25, 0.3) is 0 Å². The van der Waals surface area contributed by atoms with Crippen molar-refractivity contribution in [3.8, 4) is 0 Å². The van der Waals surface area contributed by atoms with E-state index in [1.165, 1.54) is 36.2 Å². The molecule has 0 amide bonds. The number of aromatic nitrogens is 2. The van der Waals surface area contributed by atoms with E-state index < -0.39 is 0 Å². The van der Waals surface area contributed by atoms with Gasteiger partial charge in [-0.2, -0.15) is 5.10 Å². The number of aryl methyl sites for hydroxylation is 1. The lowest BCUT2D eigenvalue weighted by Gasteiger charge is -2.23. The minimum Gasteiger partial charge on any atom is -0.282 e. The van der Waals surface area contributed by atoms with Gasteiger partial charge >= 0.3 is 0 Å². The van der Waals surface area contributed by atoms with E-state index in [4.69, 9.17) is 0 Å². The van der Waals surface area contributed by atoms with Crippen molar-refractivity contribution in [2.75, 3.05) is 0 Å². The summed E-state index contributed by atoms with van der Waals surface area (Å²) >= 11 is 0. The Labute approximate surface area is 73.4 Å². The monoisotopic (exact) mass is 164 g/mol. The molecule has 2 heteroatoms. The molecule has 1 fully saturated rings. The molecule has 1 aromatic rings. The van der Waals surface area contributed by atoms with Crippen molar-refractivity contribution in [2.24, 2.45) is 0 Å². The average molecular weight is 164 g/mol. The number of H-pyrrole nitrogens is 1. The molecule has 0 bridgehead atoms. The van der Waals surface area contributed by atoms with Crippen molar-refractivity contribution >= 4 is 0 Å². The third-order valence-electron chi connectivity index (χ3n) is 2.99. The molecule has 1 saturated carbocycles. The van der Waals surface area contributed by atoms with Gasteiger partial charge in [0.1, 0.15) is 0 Å². The fourth-order valence-electron chi connectivity index (χ4n) is 1.87. The van der Waals surface area contributed by atoms with Crippen molar-refractivity contribution in [2.45, 2.75) is 45.4 Å². The van der Waals surface area contributed by atoms with Crippen LogP contribution in [0.2, 0.25) is 0 Å². The van der Waals surface area contributed by atoms with Gasteiger partial charge in [-0.05, 0) is 31.7 Å².